The second-order valence-electron chi connectivity index (χ2n) is 6.68. The van der Waals surface area contributed by atoms with E-state index in [4.69, 9.17) is 0 Å². The molecule has 2 aromatic rings. The van der Waals surface area contributed by atoms with Gasteiger partial charge in [0.15, 0.2) is 0 Å². The minimum Gasteiger partial charge on any atom is -0.369 e. The molecule has 0 radical (unpaired) electrons. The summed E-state index contributed by atoms with van der Waals surface area (Å²) in [7, 11) is 4.20. The molecule has 2 heterocycles. The molecule has 8 heteroatoms. The summed E-state index contributed by atoms with van der Waals surface area (Å²) in [6.07, 6.45) is 1.41. The molecule has 5 nitrogen and oxygen atoms in total. The quantitative estimate of drug-likeness (QED) is 0.893. The highest BCUT2D eigenvalue weighted by molar-refractivity contribution is 5.87. The Balaban J connectivity index is 1.67. The van der Waals surface area contributed by atoms with Crippen LogP contribution in [0.3, 0.4) is 0 Å². The van der Waals surface area contributed by atoms with Crippen LogP contribution in [0.1, 0.15) is 31.4 Å². The Bertz CT molecular complexity index is 687. The third kappa shape index (κ3) is 3.63. The Hall–Kier alpha value is -1.83. The minimum atomic E-state index is -4.41. The van der Waals surface area contributed by atoms with Crippen molar-refractivity contribution in [3.8, 4) is 0 Å². The van der Waals surface area contributed by atoms with Crippen molar-refractivity contribution in [3.05, 3.63) is 18.1 Å². The van der Waals surface area contributed by atoms with Gasteiger partial charge in [-0.25, -0.2) is 9.97 Å². The maximum Gasteiger partial charge on any atom is 0.431 e. The zero-order valence-electron chi connectivity index (χ0n) is 13.8. The van der Waals surface area contributed by atoms with Gasteiger partial charge in [0.25, 0.3) is 0 Å². The normalized spacial score (nSPS) is 22.2. The van der Waals surface area contributed by atoms with Gasteiger partial charge >= 0.3 is 6.18 Å². The molecule has 2 N–H and O–H groups in total. The van der Waals surface area contributed by atoms with E-state index in [-0.39, 0.29) is 5.65 Å². The first-order valence-corrected chi connectivity index (χ1v) is 8.16. The van der Waals surface area contributed by atoms with E-state index in [1.165, 1.54) is 6.33 Å². The molecule has 1 saturated carbocycles. The van der Waals surface area contributed by atoms with Gasteiger partial charge in [0.05, 0.1) is 5.39 Å². The second kappa shape index (κ2) is 6.58. The van der Waals surface area contributed by atoms with Gasteiger partial charge in [0.1, 0.15) is 23.5 Å². The summed E-state index contributed by atoms with van der Waals surface area (Å²) in [6, 6.07) is 1.70. The van der Waals surface area contributed by atoms with Crippen LogP contribution in [0.25, 0.3) is 11.0 Å². The predicted molar refractivity (Wildman–Crippen MR) is 86.8 cm³/mol. The first-order valence-electron chi connectivity index (χ1n) is 8.16. The highest BCUT2D eigenvalue weighted by Gasteiger charge is 2.33. The number of aromatic nitrogens is 3. The monoisotopic (exact) mass is 341 g/mol. The molecular weight excluding hydrogens is 319 g/mol. The van der Waals surface area contributed by atoms with Crippen molar-refractivity contribution < 1.29 is 13.2 Å². The van der Waals surface area contributed by atoms with Crippen molar-refractivity contribution in [2.24, 2.45) is 5.92 Å². The number of hydrogen-bond donors (Lipinski definition) is 2. The van der Waals surface area contributed by atoms with Crippen LogP contribution in [0.5, 0.6) is 0 Å². The van der Waals surface area contributed by atoms with Crippen molar-refractivity contribution in [1.29, 1.82) is 0 Å². The van der Waals surface area contributed by atoms with Gasteiger partial charge in [0, 0.05) is 12.6 Å². The van der Waals surface area contributed by atoms with Gasteiger partial charge in [0.2, 0.25) is 0 Å². The molecule has 0 amide bonds. The summed E-state index contributed by atoms with van der Waals surface area (Å²) in [5.74, 6) is 0.980. The topological polar surface area (TPSA) is 56.8 Å². The smallest absolute Gasteiger partial charge is 0.369 e. The van der Waals surface area contributed by atoms with Crippen molar-refractivity contribution in [2.45, 2.75) is 37.9 Å². The molecule has 1 aliphatic rings. The molecule has 1 fully saturated rings. The summed E-state index contributed by atoms with van der Waals surface area (Å²) >= 11 is 0. The number of nitrogens with zero attached hydrogens (tertiary/aromatic N) is 3. The molecule has 0 aliphatic heterocycles. The van der Waals surface area contributed by atoms with E-state index in [2.05, 4.69) is 39.3 Å². The zero-order chi connectivity index (χ0) is 17.3. The lowest BCUT2D eigenvalue weighted by atomic mass is 9.85. The molecule has 24 heavy (non-hydrogen) atoms. The molecule has 0 atom stereocenters. The highest BCUT2D eigenvalue weighted by atomic mass is 19.4. The van der Waals surface area contributed by atoms with E-state index < -0.39 is 11.9 Å². The van der Waals surface area contributed by atoms with Gasteiger partial charge in [-0.15, -0.1) is 0 Å². The molecule has 0 saturated heterocycles. The van der Waals surface area contributed by atoms with E-state index in [0.29, 0.717) is 23.2 Å². The van der Waals surface area contributed by atoms with Crippen LogP contribution in [-0.2, 0) is 6.18 Å². The molecule has 0 unspecified atom stereocenters. The van der Waals surface area contributed by atoms with Crippen LogP contribution >= 0.6 is 0 Å². The van der Waals surface area contributed by atoms with Gasteiger partial charge in [-0.1, -0.05) is 0 Å². The standard InChI is InChI=1S/C16H22F3N5/c1-24(2)11-5-3-10(4-6-11)8-20-14-12-7-13(16(17,18)19)23-15(12)22-9-21-14/h7,9-11H,3-6,8H2,1-2H3,(H2,20,21,22,23). The van der Waals surface area contributed by atoms with E-state index in [1.54, 1.807) is 0 Å². The fourth-order valence-electron chi connectivity index (χ4n) is 3.34. The molecule has 3 rings (SSSR count). The molecule has 2 aromatic heterocycles. The van der Waals surface area contributed by atoms with E-state index in [1.807, 2.05) is 0 Å². The third-order valence-corrected chi connectivity index (χ3v) is 4.84. The average Bonchev–Trinajstić information content (AvgIpc) is 2.98. The van der Waals surface area contributed by atoms with Crippen LogP contribution < -0.4 is 5.32 Å². The number of alkyl halides is 3. The molecule has 0 spiro atoms. The molecule has 1 aliphatic carbocycles. The first kappa shape index (κ1) is 17.0. The van der Waals surface area contributed by atoms with E-state index in [0.717, 1.165) is 38.3 Å². The van der Waals surface area contributed by atoms with Crippen LogP contribution in [0.4, 0.5) is 19.0 Å². The number of rotatable bonds is 4. The minimum absolute atomic E-state index is 0.205. The maximum absolute atomic E-state index is 12.8. The molecule has 132 valence electrons. The summed E-state index contributed by atoms with van der Waals surface area (Å²) in [6.45, 7) is 0.721. The van der Waals surface area contributed by atoms with Crippen molar-refractivity contribution in [3.63, 3.8) is 0 Å². The lowest BCUT2D eigenvalue weighted by molar-refractivity contribution is -0.140. The average molecular weight is 341 g/mol. The fourth-order valence-corrected chi connectivity index (χ4v) is 3.34. The Morgan fingerprint density at radius 2 is 1.92 bits per heavy atom. The highest BCUT2D eigenvalue weighted by Crippen LogP contribution is 2.33. The summed E-state index contributed by atoms with van der Waals surface area (Å²) in [5.41, 5.74) is -0.594. The second-order valence-corrected chi connectivity index (χ2v) is 6.68. The van der Waals surface area contributed by atoms with Crippen molar-refractivity contribution in [1.82, 2.24) is 19.9 Å². The van der Waals surface area contributed by atoms with Crippen molar-refractivity contribution in [2.75, 3.05) is 26.0 Å². The van der Waals surface area contributed by atoms with Crippen molar-refractivity contribution >= 4 is 16.9 Å². The van der Waals surface area contributed by atoms with Crippen LogP contribution in [-0.4, -0.2) is 46.5 Å². The summed E-state index contributed by atoms with van der Waals surface area (Å²) in [5, 5.41) is 3.60. The lowest BCUT2D eigenvalue weighted by Gasteiger charge is -2.32. The summed E-state index contributed by atoms with van der Waals surface area (Å²) < 4.78 is 38.5. The third-order valence-electron chi connectivity index (χ3n) is 4.84. The Morgan fingerprint density at radius 1 is 1.21 bits per heavy atom. The van der Waals surface area contributed by atoms with Gasteiger partial charge in [-0.3, -0.25) is 0 Å². The first-order chi connectivity index (χ1) is 11.3. The number of halogens is 3. The maximum atomic E-state index is 12.8. The van der Waals surface area contributed by atoms with Gasteiger partial charge < -0.3 is 15.2 Å². The van der Waals surface area contributed by atoms with E-state index >= 15 is 0 Å². The van der Waals surface area contributed by atoms with Crippen LogP contribution in [0, 0.1) is 5.92 Å². The number of fused-ring (bicyclic) bond motifs is 1. The van der Waals surface area contributed by atoms with Gasteiger partial charge in [-0.2, -0.15) is 13.2 Å². The summed E-state index contributed by atoms with van der Waals surface area (Å²) in [4.78, 5) is 12.6. The Labute approximate surface area is 138 Å². The molecular formula is C16H22F3N5. The number of anilines is 1. The number of nitrogens with one attached hydrogen (secondary N) is 2. The molecule has 0 bridgehead atoms. The van der Waals surface area contributed by atoms with E-state index in [9.17, 15) is 13.2 Å². The molecule has 0 aromatic carbocycles. The zero-order valence-corrected chi connectivity index (χ0v) is 13.8. The van der Waals surface area contributed by atoms with Gasteiger partial charge in [-0.05, 0) is 51.8 Å². The number of aromatic amines is 1. The van der Waals surface area contributed by atoms with Crippen LogP contribution in [0.2, 0.25) is 0 Å². The Morgan fingerprint density at radius 3 is 2.54 bits per heavy atom. The number of hydrogen-bond acceptors (Lipinski definition) is 4. The largest absolute Gasteiger partial charge is 0.431 e. The predicted octanol–water partition coefficient (Wildman–Crippen LogP) is 3.51. The SMILES string of the molecule is CN(C)C1CCC(CNc2ncnc3[nH]c(C(F)(F)F)cc23)CC1. The Kier molecular flexibility index (Phi) is 4.67. The fraction of sp³-hybridized carbons (Fsp3) is 0.625. The lowest BCUT2D eigenvalue weighted by Crippen LogP contribution is -2.33. The van der Waals surface area contributed by atoms with Crippen LogP contribution in [0.15, 0.2) is 12.4 Å². The number of H-pyrrole nitrogens is 1.